The minimum absolute atomic E-state index is 0.0719. The number of carbonyl (C=O) groups is 1. The quantitative estimate of drug-likeness (QED) is 0.776. The Kier molecular flexibility index (Phi) is 4.11. The zero-order valence-corrected chi connectivity index (χ0v) is 9.56. The van der Waals surface area contributed by atoms with Gasteiger partial charge in [-0.15, -0.1) is 6.58 Å². The number of aromatic carboxylic acids is 1. The van der Waals surface area contributed by atoms with Gasteiger partial charge in [0.15, 0.2) is 0 Å². The number of benzene rings is 1. The molecule has 1 rings (SSSR count). The first-order valence-corrected chi connectivity index (χ1v) is 5.16. The smallest absolute Gasteiger partial charge is 0.339 e. The third-order valence-electron chi connectivity index (χ3n) is 2.19. The van der Waals surface area contributed by atoms with Gasteiger partial charge in [0.05, 0.1) is 6.10 Å². The van der Waals surface area contributed by atoms with E-state index >= 15 is 0 Å². The fraction of sp³-hybridized carbons (Fsp3) is 0.308. The Bertz CT molecular complexity index is 396. The van der Waals surface area contributed by atoms with Gasteiger partial charge in [0.25, 0.3) is 0 Å². The van der Waals surface area contributed by atoms with E-state index in [9.17, 15) is 4.79 Å². The lowest BCUT2D eigenvalue weighted by Gasteiger charge is -2.15. The fourth-order valence-electron chi connectivity index (χ4n) is 1.40. The van der Waals surface area contributed by atoms with Gasteiger partial charge in [-0.3, -0.25) is 0 Å². The minimum atomic E-state index is -0.971. The second-order valence-corrected chi connectivity index (χ2v) is 3.76. The van der Waals surface area contributed by atoms with Gasteiger partial charge in [-0.2, -0.15) is 0 Å². The third-order valence-corrected chi connectivity index (χ3v) is 2.19. The summed E-state index contributed by atoms with van der Waals surface area (Å²) < 4.78 is 5.58. The van der Waals surface area contributed by atoms with Crippen LogP contribution in [0.4, 0.5) is 0 Å². The average molecular weight is 220 g/mol. The van der Waals surface area contributed by atoms with E-state index in [2.05, 4.69) is 6.58 Å². The van der Waals surface area contributed by atoms with E-state index in [-0.39, 0.29) is 11.7 Å². The molecule has 0 radical (unpaired) electrons. The van der Waals surface area contributed by atoms with Crippen molar-refractivity contribution in [3.05, 3.63) is 42.0 Å². The van der Waals surface area contributed by atoms with Crippen molar-refractivity contribution < 1.29 is 14.6 Å². The first-order valence-electron chi connectivity index (χ1n) is 5.16. The van der Waals surface area contributed by atoms with Crippen LogP contribution in [0, 0.1) is 6.92 Å². The second kappa shape index (κ2) is 5.35. The standard InChI is InChI=1S/C13H16O3/c1-4-5-10(3)16-12-8-9(2)6-7-11(12)13(14)15/h4,6-8,10H,1,5H2,2-3H3,(H,14,15). The Morgan fingerprint density at radius 3 is 2.88 bits per heavy atom. The highest BCUT2D eigenvalue weighted by Crippen LogP contribution is 2.22. The SMILES string of the molecule is C=CCC(C)Oc1cc(C)ccc1C(=O)O. The summed E-state index contributed by atoms with van der Waals surface area (Å²) in [5.41, 5.74) is 1.17. The number of carboxylic acids is 1. The maximum absolute atomic E-state index is 11.0. The molecule has 0 amide bonds. The number of hydrogen-bond acceptors (Lipinski definition) is 2. The number of carboxylic acid groups (broad SMARTS) is 1. The molecule has 0 fully saturated rings. The molecule has 86 valence electrons. The Morgan fingerprint density at radius 1 is 1.62 bits per heavy atom. The van der Waals surface area contributed by atoms with E-state index in [1.54, 1.807) is 24.3 Å². The summed E-state index contributed by atoms with van der Waals surface area (Å²) >= 11 is 0. The molecule has 3 nitrogen and oxygen atoms in total. The molecule has 0 aliphatic rings. The Morgan fingerprint density at radius 2 is 2.31 bits per heavy atom. The molecule has 1 atom stereocenters. The number of rotatable bonds is 5. The van der Waals surface area contributed by atoms with Crippen molar-refractivity contribution in [2.24, 2.45) is 0 Å². The van der Waals surface area contributed by atoms with Crippen molar-refractivity contribution in [2.75, 3.05) is 0 Å². The van der Waals surface area contributed by atoms with Crippen LogP contribution >= 0.6 is 0 Å². The Labute approximate surface area is 95.4 Å². The van der Waals surface area contributed by atoms with Gasteiger partial charge >= 0.3 is 5.97 Å². The highest BCUT2D eigenvalue weighted by molar-refractivity contribution is 5.90. The Balaban J connectivity index is 2.96. The minimum Gasteiger partial charge on any atom is -0.489 e. The van der Waals surface area contributed by atoms with Crippen molar-refractivity contribution >= 4 is 5.97 Å². The highest BCUT2D eigenvalue weighted by Gasteiger charge is 2.13. The summed E-state index contributed by atoms with van der Waals surface area (Å²) in [4.78, 5) is 11.0. The molecule has 0 aromatic heterocycles. The van der Waals surface area contributed by atoms with E-state index in [0.717, 1.165) is 5.56 Å². The molecular weight excluding hydrogens is 204 g/mol. The first-order chi connectivity index (χ1) is 7.54. The predicted molar refractivity (Wildman–Crippen MR) is 63.0 cm³/mol. The lowest BCUT2D eigenvalue weighted by molar-refractivity contribution is 0.0690. The summed E-state index contributed by atoms with van der Waals surface area (Å²) in [5, 5.41) is 9.00. The predicted octanol–water partition coefficient (Wildman–Crippen LogP) is 3.04. The molecule has 1 unspecified atom stereocenters. The molecule has 1 aromatic carbocycles. The van der Waals surface area contributed by atoms with Crippen LogP contribution in [0.5, 0.6) is 5.75 Å². The van der Waals surface area contributed by atoms with Gasteiger partial charge in [0.2, 0.25) is 0 Å². The second-order valence-electron chi connectivity index (χ2n) is 3.76. The molecule has 1 N–H and O–H groups in total. The summed E-state index contributed by atoms with van der Waals surface area (Å²) in [5.74, 6) is -0.553. The van der Waals surface area contributed by atoms with Crippen LogP contribution in [0.1, 0.15) is 29.3 Å². The van der Waals surface area contributed by atoms with Crippen molar-refractivity contribution in [2.45, 2.75) is 26.4 Å². The molecule has 0 bridgehead atoms. The number of ether oxygens (including phenoxy) is 1. The molecule has 0 heterocycles. The van der Waals surface area contributed by atoms with Crippen LogP contribution in [-0.4, -0.2) is 17.2 Å². The van der Waals surface area contributed by atoms with Gasteiger partial charge in [-0.1, -0.05) is 12.1 Å². The summed E-state index contributed by atoms with van der Waals surface area (Å²) in [6, 6.07) is 5.06. The van der Waals surface area contributed by atoms with Crippen molar-refractivity contribution in [1.82, 2.24) is 0 Å². The van der Waals surface area contributed by atoms with E-state index < -0.39 is 5.97 Å². The molecule has 3 heteroatoms. The van der Waals surface area contributed by atoms with Crippen LogP contribution in [0.3, 0.4) is 0 Å². The van der Waals surface area contributed by atoms with E-state index in [1.807, 2.05) is 13.8 Å². The summed E-state index contributed by atoms with van der Waals surface area (Å²) in [6.45, 7) is 7.41. The molecular formula is C13H16O3. The van der Waals surface area contributed by atoms with Crippen LogP contribution in [0.15, 0.2) is 30.9 Å². The van der Waals surface area contributed by atoms with Crippen LogP contribution in [-0.2, 0) is 0 Å². The molecule has 0 aliphatic carbocycles. The van der Waals surface area contributed by atoms with Gasteiger partial charge in [-0.25, -0.2) is 4.79 Å². The Hall–Kier alpha value is -1.77. The summed E-state index contributed by atoms with van der Waals surface area (Å²) in [6.07, 6.45) is 2.37. The third kappa shape index (κ3) is 3.12. The highest BCUT2D eigenvalue weighted by atomic mass is 16.5. The zero-order chi connectivity index (χ0) is 12.1. The molecule has 0 saturated heterocycles. The molecule has 16 heavy (non-hydrogen) atoms. The zero-order valence-electron chi connectivity index (χ0n) is 9.56. The van der Waals surface area contributed by atoms with Gasteiger partial charge < -0.3 is 9.84 Å². The van der Waals surface area contributed by atoms with E-state index in [0.29, 0.717) is 12.2 Å². The average Bonchev–Trinajstić information content (AvgIpc) is 2.17. The number of aryl methyl sites for hydroxylation is 1. The van der Waals surface area contributed by atoms with Crippen LogP contribution in [0.25, 0.3) is 0 Å². The van der Waals surface area contributed by atoms with Gasteiger partial charge in [0.1, 0.15) is 11.3 Å². The lowest BCUT2D eigenvalue weighted by atomic mass is 10.1. The van der Waals surface area contributed by atoms with E-state index in [4.69, 9.17) is 9.84 Å². The van der Waals surface area contributed by atoms with Crippen LogP contribution < -0.4 is 4.74 Å². The van der Waals surface area contributed by atoms with Crippen LogP contribution in [0.2, 0.25) is 0 Å². The molecule has 0 aliphatic heterocycles. The van der Waals surface area contributed by atoms with Crippen molar-refractivity contribution in [1.29, 1.82) is 0 Å². The monoisotopic (exact) mass is 220 g/mol. The number of hydrogen-bond donors (Lipinski definition) is 1. The molecule has 0 spiro atoms. The molecule has 1 aromatic rings. The largest absolute Gasteiger partial charge is 0.489 e. The molecule has 0 saturated carbocycles. The maximum atomic E-state index is 11.0. The lowest BCUT2D eigenvalue weighted by Crippen LogP contribution is -2.13. The first kappa shape index (κ1) is 12.3. The van der Waals surface area contributed by atoms with Gasteiger partial charge in [0, 0.05) is 6.42 Å². The van der Waals surface area contributed by atoms with Crippen molar-refractivity contribution in [3.8, 4) is 5.75 Å². The summed E-state index contributed by atoms with van der Waals surface area (Å²) in [7, 11) is 0. The van der Waals surface area contributed by atoms with E-state index in [1.165, 1.54) is 0 Å². The topological polar surface area (TPSA) is 46.5 Å². The maximum Gasteiger partial charge on any atom is 0.339 e. The van der Waals surface area contributed by atoms with Crippen molar-refractivity contribution in [3.63, 3.8) is 0 Å². The fourth-order valence-corrected chi connectivity index (χ4v) is 1.40. The normalized spacial score (nSPS) is 11.9. The van der Waals surface area contributed by atoms with Gasteiger partial charge in [-0.05, 0) is 31.5 Å².